The minimum Gasteiger partial charge on any atom is -0.360 e. The lowest BCUT2D eigenvalue weighted by Gasteiger charge is -2.35. The lowest BCUT2D eigenvalue weighted by atomic mass is 10.00. The lowest BCUT2D eigenvalue weighted by Crippen LogP contribution is -2.48. The number of carbonyl (C=O) groups is 2. The minimum atomic E-state index is -0.320. The fourth-order valence-electron chi connectivity index (χ4n) is 3.62. The Labute approximate surface area is 160 Å². The SMILES string of the molecule is Cc1cccc(C)c1NC(=O)CNC(=O)C(C)N1CCCc2ccccc21. The summed E-state index contributed by atoms with van der Waals surface area (Å²) in [6.45, 7) is 6.61. The second-order valence-corrected chi connectivity index (χ2v) is 7.13. The van der Waals surface area contributed by atoms with Crippen LogP contribution in [0.5, 0.6) is 0 Å². The molecule has 2 aromatic rings. The Morgan fingerprint density at radius 3 is 2.52 bits per heavy atom. The van der Waals surface area contributed by atoms with Gasteiger partial charge in [0.05, 0.1) is 6.54 Å². The summed E-state index contributed by atoms with van der Waals surface area (Å²) in [6, 6.07) is 13.8. The molecule has 0 saturated carbocycles. The molecule has 2 aromatic carbocycles. The first kappa shape index (κ1) is 19.0. The Hall–Kier alpha value is -2.82. The zero-order chi connectivity index (χ0) is 19.4. The number of nitrogens with one attached hydrogen (secondary N) is 2. The van der Waals surface area contributed by atoms with Crippen LogP contribution in [0.15, 0.2) is 42.5 Å². The molecule has 1 heterocycles. The number of carbonyl (C=O) groups excluding carboxylic acids is 2. The molecule has 1 atom stereocenters. The molecule has 1 unspecified atom stereocenters. The fraction of sp³-hybridized carbons (Fsp3) is 0.364. The number of para-hydroxylation sites is 2. The number of nitrogens with zero attached hydrogens (tertiary/aromatic N) is 1. The summed E-state index contributed by atoms with van der Waals surface area (Å²) in [6.07, 6.45) is 2.07. The van der Waals surface area contributed by atoms with Gasteiger partial charge in [0.1, 0.15) is 6.04 Å². The van der Waals surface area contributed by atoms with E-state index in [0.29, 0.717) is 0 Å². The molecule has 0 radical (unpaired) electrons. The Morgan fingerprint density at radius 2 is 1.78 bits per heavy atom. The van der Waals surface area contributed by atoms with E-state index in [1.807, 2.05) is 51.1 Å². The number of hydrogen-bond donors (Lipinski definition) is 2. The predicted octanol–water partition coefficient (Wildman–Crippen LogP) is 3.20. The van der Waals surface area contributed by atoms with Gasteiger partial charge in [-0.3, -0.25) is 9.59 Å². The van der Waals surface area contributed by atoms with Crippen LogP contribution in [0.1, 0.15) is 30.0 Å². The fourth-order valence-corrected chi connectivity index (χ4v) is 3.62. The van der Waals surface area contributed by atoms with E-state index in [-0.39, 0.29) is 24.4 Å². The van der Waals surface area contributed by atoms with Crippen LogP contribution in [0.25, 0.3) is 0 Å². The molecule has 0 fully saturated rings. The molecule has 3 rings (SSSR count). The quantitative estimate of drug-likeness (QED) is 0.855. The molecule has 2 N–H and O–H groups in total. The first-order valence-corrected chi connectivity index (χ1v) is 9.45. The topological polar surface area (TPSA) is 61.4 Å². The second-order valence-electron chi connectivity index (χ2n) is 7.13. The van der Waals surface area contributed by atoms with Crippen LogP contribution in [0.4, 0.5) is 11.4 Å². The van der Waals surface area contributed by atoms with Crippen molar-refractivity contribution in [1.29, 1.82) is 0 Å². The third kappa shape index (κ3) is 4.30. The van der Waals surface area contributed by atoms with Gasteiger partial charge in [-0.25, -0.2) is 0 Å². The first-order valence-electron chi connectivity index (χ1n) is 9.45. The summed E-state index contributed by atoms with van der Waals surface area (Å²) in [5.74, 6) is -0.352. The maximum absolute atomic E-state index is 12.6. The van der Waals surface area contributed by atoms with Crippen LogP contribution in [0.2, 0.25) is 0 Å². The van der Waals surface area contributed by atoms with Gasteiger partial charge in [-0.05, 0) is 56.4 Å². The molecule has 5 heteroatoms. The third-order valence-electron chi connectivity index (χ3n) is 5.16. The van der Waals surface area contributed by atoms with Gasteiger partial charge in [-0.2, -0.15) is 0 Å². The number of hydrogen-bond acceptors (Lipinski definition) is 3. The van der Waals surface area contributed by atoms with E-state index in [9.17, 15) is 9.59 Å². The van der Waals surface area contributed by atoms with Crippen molar-refractivity contribution in [2.75, 3.05) is 23.3 Å². The van der Waals surface area contributed by atoms with Crippen LogP contribution >= 0.6 is 0 Å². The average molecular weight is 365 g/mol. The summed E-state index contributed by atoms with van der Waals surface area (Å²) in [4.78, 5) is 27.0. The van der Waals surface area contributed by atoms with Crippen molar-refractivity contribution >= 4 is 23.2 Å². The molecule has 0 bridgehead atoms. The van der Waals surface area contributed by atoms with Crippen molar-refractivity contribution in [3.8, 4) is 0 Å². The number of benzene rings is 2. The summed E-state index contributed by atoms with van der Waals surface area (Å²) in [7, 11) is 0. The number of aryl methyl sites for hydroxylation is 3. The van der Waals surface area contributed by atoms with Gasteiger partial charge in [0.2, 0.25) is 11.8 Å². The van der Waals surface area contributed by atoms with Crippen LogP contribution in [-0.2, 0) is 16.0 Å². The first-order chi connectivity index (χ1) is 13.0. The zero-order valence-corrected chi connectivity index (χ0v) is 16.2. The van der Waals surface area contributed by atoms with E-state index in [2.05, 4.69) is 27.7 Å². The molecule has 0 aliphatic carbocycles. The Morgan fingerprint density at radius 1 is 1.07 bits per heavy atom. The molecular weight excluding hydrogens is 338 g/mol. The third-order valence-corrected chi connectivity index (χ3v) is 5.16. The predicted molar refractivity (Wildman–Crippen MR) is 109 cm³/mol. The van der Waals surface area contributed by atoms with Gasteiger partial charge >= 0.3 is 0 Å². The number of fused-ring (bicyclic) bond motifs is 1. The highest BCUT2D eigenvalue weighted by Crippen LogP contribution is 2.28. The summed E-state index contributed by atoms with van der Waals surface area (Å²) in [5.41, 5.74) is 5.22. The molecule has 0 aromatic heterocycles. The molecule has 5 nitrogen and oxygen atoms in total. The Kier molecular flexibility index (Phi) is 5.79. The highest BCUT2D eigenvalue weighted by atomic mass is 16.2. The molecule has 0 saturated heterocycles. The van der Waals surface area contributed by atoms with Crippen molar-refractivity contribution < 1.29 is 9.59 Å². The van der Waals surface area contributed by atoms with Gasteiger partial charge in [-0.15, -0.1) is 0 Å². The van der Waals surface area contributed by atoms with E-state index < -0.39 is 0 Å². The molecule has 1 aliphatic rings. The van der Waals surface area contributed by atoms with Gasteiger partial charge in [0.25, 0.3) is 0 Å². The van der Waals surface area contributed by atoms with Crippen molar-refractivity contribution in [2.24, 2.45) is 0 Å². The van der Waals surface area contributed by atoms with Crippen molar-refractivity contribution in [3.05, 3.63) is 59.2 Å². The molecule has 0 spiro atoms. The van der Waals surface area contributed by atoms with Crippen molar-refractivity contribution in [3.63, 3.8) is 0 Å². The van der Waals surface area contributed by atoms with Gasteiger partial charge in [-0.1, -0.05) is 36.4 Å². The molecule has 142 valence electrons. The van der Waals surface area contributed by atoms with Gasteiger partial charge in [0, 0.05) is 17.9 Å². The van der Waals surface area contributed by atoms with Crippen LogP contribution in [-0.4, -0.2) is 30.9 Å². The Balaban J connectivity index is 1.59. The molecule has 2 amide bonds. The van der Waals surface area contributed by atoms with Crippen molar-refractivity contribution in [1.82, 2.24) is 5.32 Å². The summed E-state index contributed by atoms with van der Waals surface area (Å²) >= 11 is 0. The van der Waals surface area contributed by atoms with Gasteiger partial charge < -0.3 is 15.5 Å². The van der Waals surface area contributed by atoms with E-state index >= 15 is 0 Å². The summed E-state index contributed by atoms with van der Waals surface area (Å²) in [5, 5.41) is 5.68. The Bertz CT molecular complexity index is 827. The highest BCUT2D eigenvalue weighted by molar-refractivity contribution is 5.96. The minimum absolute atomic E-state index is 0.0353. The van der Waals surface area contributed by atoms with Gasteiger partial charge in [0.15, 0.2) is 0 Å². The molecule has 27 heavy (non-hydrogen) atoms. The molecule has 1 aliphatic heterocycles. The smallest absolute Gasteiger partial charge is 0.243 e. The second kappa shape index (κ2) is 8.25. The van der Waals surface area contributed by atoms with E-state index in [1.165, 1.54) is 5.56 Å². The van der Waals surface area contributed by atoms with E-state index in [1.54, 1.807) is 0 Å². The number of rotatable bonds is 5. The van der Waals surface area contributed by atoms with Crippen LogP contribution in [0, 0.1) is 13.8 Å². The number of amides is 2. The van der Waals surface area contributed by atoms with Crippen LogP contribution < -0.4 is 15.5 Å². The van der Waals surface area contributed by atoms with Crippen molar-refractivity contribution in [2.45, 2.75) is 39.7 Å². The highest BCUT2D eigenvalue weighted by Gasteiger charge is 2.26. The molecular formula is C22H27N3O2. The lowest BCUT2D eigenvalue weighted by molar-refractivity contribution is -0.124. The monoisotopic (exact) mass is 365 g/mol. The number of anilines is 2. The maximum Gasteiger partial charge on any atom is 0.243 e. The van der Waals surface area contributed by atoms with Crippen LogP contribution in [0.3, 0.4) is 0 Å². The van der Waals surface area contributed by atoms with E-state index in [0.717, 1.165) is 41.9 Å². The van der Waals surface area contributed by atoms with E-state index in [4.69, 9.17) is 0 Å². The average Bonchev–Trinajstić information content (AvgIpc) is 2.68. The standard InChI is InChI=1S/C22H27N3O2/c1-15-8-6-9-16(2)21(15)24-20(26)14-23-22(27)17(3)25-13-7-11-18-10-4-5-12-19(18)25/h4-6,8-10,12,17H,7,11,13-14H2,1-3H3,(H,23,27)(H,24,26). The maximum atomic E-state index is 12.6. The largest absolute Gasteiger partial charge is 0.360 e. The summed E-state index contributed by atoms with van der Waals surface area (Å²) < 4.78 is 0. The normalized spacial score (nSPS) is 14.3. The zero-order valence-electron chi connectivity index (χ0n) is 16.2.